The molecule has 0 atom stereocenters. The molecule has 1 aliphatic rings. The van der Waals surface area contributed by atoms with Gasteiger partial charge in [-0.05, 0) is 31.9 Å². The molecule has 0 bridgehead atoms. The lowest BCUT2D eigenvalue weighted by atomic mass is 10.0. The maximum absolute atomic E-state index is 13.0. The van der Waals surface area contributed by atoms with Crippen molar-refractivity contribution in [2.75, 3.05) is 13.1 Å². The number of hydrogen-bond acceptors (Lipinski definition) is 4. The number of nitrogens with zero attached hydrogens (tertiary/aromatic N) is 2. The molecule has 146 valence electrons. The Hall–Kier alpha value is -2.63. The van der Waals surface area contributed by atoms with Crippen LogP contribution < -0.4 is 5.73 Å². The lowest BCUT2D eigenvalue weighted by molar-refractivity contribution is 0.0715. The summed E-state index contributed by atoms with van der Waals surface area (Å²) in [4.78, 5) is 19.3. The molecule has 0 radical (unpaired) electrons. The van der Waals surface area contributed by atoms with Gasteiger partial charge in [0.1, 0.15) is 0 Å². The van der Waals surface area contributed by atoms with Gasteiger partial charge in [-0.2, -0.15) is 0 Å². The van der Waals surface area contributed by atoms with Gasteiger partial charge in [0, 0.05) is 30.3 Å². The SMILES string of the molecule is Cc1ccc(-c2cnc(-c3ccccc3C(=O)N3CCC(N)CC3)o2)cc1.Cl. The monoisotopic (exact) mass is 397 g/mol. The predicted octanol–water partition coefficient (Wildman–Crippen LogP) is 4.30. The first-order chi connectivity index (χ1) is 13.1. The Morgan fingerprint density at radius 3 is 2.50 bits per heavy atom. The fraction of sp³-hybridized carbons (Fsp3) is 0.273. The summed E-state index contributed by atoms with van der Waals surface area (Å²) in [6, 6.07) is 15.8. The molecule has 0 aliphatic carbocycles. The second kappa shape index (κ2) is 8.59. The molecule has 1 saturated heterocycles. The fourth-order valence-electron chi connectivity index (χ4n) is 3.38. The number of halogens is 1. The van der Waals surface area contributed by atoms with E-state index in [4.69, 9.17) is 10.2 Å². The average molecular weight is 398 g/mol. The zero-order chi connectivity index (χ0) is 18.8. The van der Waals surface area contributed by atoms with E-state index in [9.17, 15) is 4.79 Å². The second-order valence-electron chi connectivity index (χ2n) is 7.07. The van der Waals surface area contributed by atoms with Crippen LogP contribution in [0, 0.1) is 6.92 Å². The van der Waals surface area contributed by atoms with Gasteiger partial charge in [-0.15, -0.1) is 12.4 Å². The minimum absolute atomic E-state index is 0. The first kappa shape index (κ1) is 20.1. The maximum Gasteiger partial charge on any atom is 0.254 e. The molecule has 1 fully saturated rings. The van der Waals surface area contributed by atoms with E-state index in [0.717, 1.165) is 24.0 Å². The average Bonchev–Trinajstić information content (AvgIpc) is 3.19. The van der Waals surface area contributed by atoms with Crippen LogP contribution in [0.4, 0.5) is 0 Å². The molecule has 2 N–H and O–H groups in total. The standard InChI is InChI=1S/C22H23N3O2.ClH/c1-15-6-8-16(9-7-15)20-14-24-21(27-20)18-4-2-3-5-19(18)22(26)25-12-10-17(23)11-13-25;/h2-9,14,17H,10-13,23H2,1H3;1H. The van der Waals surface area contributed by atoms with E-state index in [1.54, 1.807) is 6.20 Å². The molecule has 0 saturated carbocycles. The van der Waals surface area contributed by atoms with Crippen LogP contribution in [-0.2, 0) is 0 Å². The number of hydrogen-bond donors (Lipinski definition) is 1. The van der Waals surface area contributed by atoms with Crippen LogP contribution in [-0.4, -0.2) is 34.9 Å². The molecule has 1 aromatic heterocycles. The van der Waals surface area contributed by atoms with E-state index in [-0.39, 0.29) is 24.4 Å². The van der Waals surface area contributed by atoms with Crippen molar-refractivity contribution in [1.82, 2.24) is 9.88 Å². The van der Waals surface area contributed by atoms with Gasteiger partial charge >= 0.3 is 0 Å². The van der Waals surface area contributed by atoms with Crippen LogP contribution in [0.25, 0.3) is 22.8 Å². The summed E-state index contributed by atoms with van der Waals surface area (Å²) in [5.74, 6) is 1.16. The molecule has 2 aromatic carbocycles. The van der Waals surface area contributed by atoms with Crippen LogP contribution in [0.5, 0.6) is 0 Å². The summed E-state index contributed by atoms with van der Waals surface area (Å²) in [6.07, 6.45) is 3.39. The van der Waals surface area contributed by atoms with E-state index in [2.05, 4.69) is 4.98 Å². The van der Waals surface area contributed by atoms with Gasteiger partial charge in [-0.25, -0.2) is 4.98 Å². The van der Waals surface area contributed by atoms with Crippen LogP contribution >= 0.6 is 12.4 Å². The summed E-state index contributed by atoms with van der Waals surface area (Å²) in [5.41, 5.74) is 9.45. The number of amides is 1. The Morgan fingerprint density at radius 1 is 1.11 bits per heavy atom. The first-order valence-corrected chi connectivity index (χ1v) is 9.29. The number of likely N-dealkylation sites (tertiary alicyclic amines) is 1. The first-order valence-electron chi connectivity index (χ1n) is 9.29. The lowest BCUT2D eigenvalue weighted by Gasteiger charge is -2.30. The summed E-state index contributed by atoms with van der Waals surface area (Å²) in [5, 5.41) is 0. The van der Waals surface area contributed by atoms with Crippen molar-refractivity contribution < 1.29 is 9.21 Å². The highest BCUT2D eigenvalue weighted by Gasteiger charge is 2.25. The van der Waals surface area contributed by atoms with Crippen molar-refractivity contribution in [3.05, 3.63) is 65.9 Å². The Labute approximate surface area is 171 Å². The van der Waals surface area contributed by atoms with E-state index in [1.165, 1.54) is 5.56 Å². The van der Waals surface area contributed by atoms with Crippen molar-refractivity contribution in [1.29, 1.82) is 0 Å². The summed E-state index contributed by atoms with van der Waals surface area (Å²) < 4.78 is 5.99. The van der Waals surface area contributed by atoms with Gasteiger partial charge in [0.15, 0.2) is 5.76 Å². The highest BCUT2D eigenvalue weighted by Crippen LogP contribution is 2.29. The molecule has 5 nitrogen and oxygen atoms in total. The lowest BCUT2D eigenvalue weighted by Crippen LogP contribution is -2.43. The molecule has 6 heteroatoms. The smallest absolute Gasteiger partial charge is 0.254 e. The molecular formula is C22H24ClN3O2. The topological polar surface area (TPSA) is 72.4 Å². The fourth-order valence-corrected chi connectivity index (χ4v) is 3.38. The molecule has 0 unspecified atom stereocenters. The van der Waals surface area contributed by atoms with Crippen molar-refractivity contribution in [2.24, 2.45) is 5.73 Å². The Balaban J connectivity index is 0.00000225. The molecule has 1 aliphatic heterocycles. The van der Waals surface area contributed by atoms with Gasteiger partial charge in [0.2, 0.25) is 5.89 Å². The number of nitrogens with two attached hydrogens (primary N) is 1. The molecule has 0 spiro atoms. The Morgan fingerprint density at radius 2 is 1.79 bits per heavy atom. The van der Waals surface area contributed by atoms with E-state index >= 15 is 0 Å². The third-order valence-corrected chi connectivity index (χ3v) is 5.06. The molecule has 28 heavy (non-hydrogen) atoms. The van der Waals surface area contributed by atoms with Crippen LogP contribution in [0.15, 0.2) is 59.1 Å². The predicted molar refractivity (Wildman–Crippen MR) is 112 cm³/mol. The minimum atomic E-state index is 0. The third-order valence-electron chi connectivity index (χ3n) is 5.06. The highest BCUT2D eigenvalue weighted by atomic mass is 35.5. The number of aryl methyl sites for hydroxylation is 1. The summed E-state index contributed by atoms with van der Waals surface area (Å²) >= 11 is 0. The van der Waals surface area contributed by atoms with Crippen molar-refractivity contribution in [2.45, 2.75) is 25.8 Å². The van der Waals surface area contributed by atoms with Crippen molar-refractivity contribution >= 4 is 18.3 Å². The number of piperidine rings is 1. The minimum Gasteiger partial charge on any atom is -0.436 e. The number of carbonyl (C=O) groups is 1. The zero-order valence-corrected chi connectivity index (χ0v) is 16.6. The van der Waals surface area contributed by atoms with Gasteiger partial charge in [-0.1, -0.05) is 42.0 Å². The molecule has 4 rings (SSSR count). The third kappa shape index (κ3) is 4.11. The number of carbonyl (C=O) groups excluding carboxylic acids is 1. The van der Waals surface area contributed by atoms with E-state index < -0.39 is 0 Å². The summed E-state index contributed by atoms with van der Waals surface area (Å²) in [6.45, 7) is 3.42. The van der Waals surface area contributed by atoms with E-state index in [0.29, 0.717) is 30.3 Å². The highest BCUT2D eigenvalue weighted by molar-refractivity contribution is 6.00. The van der Waals surface area contributed by atoms with Crippen LogP contribution in [0.3, 0.4) is 0 Å². The molecule has 3 aromatic rings. The number of aromatic nitrogens is 1. The van der Waals surface area contributed by atoms with Crippen LogP contribution in [0.1, 0.15) is 28.8 Å². The molecule has 2 heterocycles. The van der Waals surface area contributed by atoms with Crippen LogP contribution in [0.2, 0.25) is 0 Å². The van der Waals surface area contributed by atoms with E-state index in [1.807, 2.05) is 60.4 Å². The number of benzene rings is 2. The van der Waals surface area contributed by atoms with Crippen molar-refractivity contribution in [3.63, 3.8) is 0 Å². The summed E-state index contributed by atoms with van der Waals surface area (Å²) in [7, 11) is 0. The van der Waals surface area contributed by atoms with Gasteiger partial charge < -0.3 is 15.1 Å². The normalized spacial score (nSPS) is 14.6. The Kier molecular flexibility index (Phi) is 6.17. The zero-order valence-electron chi connectivity index (χ0n) is 15.8. The van der Waals surface area contributed by atoms with Crippen molar-refractivity contribution in [3.8, 4) is 22.8 Å². The largest absolute Gasteiger partial charge is 0.436 e. The van der Waals surface area contributed by atoms with Gasteiger partial charge in [0.25, 0.3) is 5.91 Å². The molecule has 1 amide bonds. The Bertz CT molecular complexity index is 944. The van der Waals surface area contributed by atoms with Gasteiger partial charge in [-0.3, -0.25) is 4.79 Å². The van der Waals surface area contributed by atoms with Gasteiger partial charge in [0.05, 0.1) is 11.8 Å². The second-order valence-corrected chi connectivity index (χ2v) is 7.07. The number of rotatable bonds is 3. The molecular weight excluding hydrogens is 374 g/mol. The quantitative estimate of drug-likeness (QED) is 0.715. The number of oxazole rings is 1. The maximum atomic E-state index is 13.0.